The van der Waals surface area contributed by atoms with Crippen LogP contribution in [0.15, 0.2) is 78.5 Å². The standard InChI is InChI=1S/C34H39FN4O4.C11H11NO3.C2H6/c1-22(32(36)41)11-14-31-23(2)37-33(39(31)26-9-4-3-5-10-26)29-13-12-28(20-30(29)35)43-21-24-7-6-8-25(19-24)34(42)38-17-15-27(40)16-18-38;13-8-2-3-10-9(5-8)7(6-12-10)1-4-11(14)15;1-2/h6-8,11-14,19-20,26-27,40H,2-5,9-10,15-18,21H2,1H3,(H2,36,41);2-3,5-6,12-13H,1,4H2,(H,14,15);1-2H3/b22-11+,31-14+;;. The number of primary amides is 1. The molecule has 13 heteroatoms. The Balaban J connectivity index is 0.000000335. The fourth-order valence-corrected chi connectivity index (χ4v) is 7.45. The van der Waals surface area contributed by atoms with Crippen LogP contribution in [0.3, 0.4) is 0 Å². The van der Waals surface area contributed by atoms with Crippen LogP contribution in [0.1, 0.15) is 99.7 Å². The van der Waals surface area contributed by atoms with Crippen LogP contribution in [0.4, 0.5) is 4.39 Å². The van der Waals surface area contributed by atoms with E-state index >= 15 is 4.39 Å². The molecule has 5 aromatic rings. The smallest absolute Gasteiger partial charge is 0.303 e. The number of aromatic amines is 1. The van der Waals surface area contributed by atoms with Gasteiger partial charge in [0, 0.05) is 59.9 Å². The molecule has 0 spiro atoms. The summed E-state index contributed by atoms with van der Waals surface area (Å²) in [6.07, 6.45) is 11.8. The third-order valence-electron chi connectivity index (χ3n) is 10.7. The van der Waals surface area contributed by atoms with Gasteiger partial charge in [-0.25, -0.2) is 9.37 Å². The number of rotatable bonds is 11. The Morgan fingerprint density at radius 1 is 1.02 bits per heavy atom. The number of fused-ring (bicyclic) bond motifs is 1. The molecule has 0 unspecified atom stereocenters. The minimum atomic E-state index is -0.815. The van der Waals surface area contributed by atoms with Crippen molar-refractivity contribution in [2.45, 2.75) is 97.3 Å². The number of H-pyrrole nitrogens is 1. The number of piperidine rings is 1. The lowest BCUT2D eigenvalue weighted by Crippen LogP contribution is -2.40. The second kappa shape index (κ2) is 21.2. The van der Waals surface area contributed by atoms with Gasteiger partial charge in [0.1, 0.15) is 29.7 Å². The molecule has 0 atom stereocenters. The molecule has 0 bridgehead atoms. The number of aryl methyl sites for hydroxylation is 1. The van der Waals surface area contributed by atoms with Crippen molar-refractivity contribution in [2.24, 2.45) is 5.73 Å². The molecule has 1 aliphatic carbocycles. The van der Waals surface area contributed by atoms with Crippen molar-refractivity contribution in [1.82, 2.24) is 19.4 Å². The Kier molecular flexibility index (Phi) is 15.8. The number of phenolic OH excluding ortho intramolecular Hbond substituents is 1. The van der Waals surface area contributed by atoms with Gasteiger partial charge in [0.05, 0.1) is 22.4 Å². The van der Waals surface area contributed by atoms with Crippen molar-refractivity contribution < 1.29 is 38.8 Å². The van der Waals surface area contributed by atoms with Crippen LogP contribution >= 0.6 is 0 Å². The van der Waals surface area contributed by atoms with Crippen molar-refractivity contribution in [2.75, 3.05) is 13.1 Å². The number of halogens is 1. The molecule has 2 fully saturated rings. The van der Waals surface area contributed by atoms with Gasteiger partial charge in [-0.2, -0.15) is 0 Å². The van der Waals surface area contributed by atoms with Crippen LogP contribution in [-0.2, 0) is 22.6 Å². The molecule has 7 rings (SSSR count). The molecule has 2 aromatic heterocycles. The summed E-state index contributed by atoms with van der Waals surface area (Å²) in [4.78, 5) is 44.4. The quantitative estimate of drug-likeness (QED) is 0.0891. The Bertz CT molecular complexity index is 2420. The highest BCUT2D eigenvalue weighted by atomic mass is 19.1. The average molecular weight is 822 g/mol. The highest BCUT2D eigenvalue weighted by Gasteiger charge is 2.24. The predicted molar refractivity (Wildman–Crippen MR) is 231 cm³/mol. The second-order valence-corrected chi connectivity index (χ2v) is 14.9. The number of aromatic nitrogens is 3. The van der Waals surface area contributed by atoms with Gasteiger partial charge >= 0.3 is 5.97 Å². The molecule has 2 aliphatic rings. The minimum absolute atomic E-state index is 0.0701. The fraction of sp³-hybridized carbons (Fsp3) is 0.362. The first-order chi connectivity index (χ1) is 28.9. The van der Waals surface area contributed by atoms with E-state index in [1.165, 1.54) is 6.07 Å². The number of allylic oxidation sites excluding steroid dienone is 1. The van der Waals surface area contributed by atoms with E-state index in [0.717, 1.165) is 59.5 Å². The molecular formula is C47H56FN5O7. The SMILES string of the molecule is C=c1nc(-c2ccc(OCc3cccc(C(=O)N4CCC(O)CC4)c3)cc2F)n(C2CCCCC2)/c1=C/C=C(\C)C(N)=O.CC.O=C(O)CCc1c[nH]c2ccc(O)cc12. The molecule has 0 radical (unpaired) electrons. The summed E-state index contributed by atoms with van der Waals surface area (Å²) >= 11 is 0. The number of amides is 2. The number of carbonyl (C=O) groups is 3. The zero-order valence-electron chi connectivity index (χ0n) is 34.6. The lowest BCUT2D eigenvalue weighted by Gasteiger charge is -2.29. The van der Waals surface area contributed by atoms with E-state index in [-0.39, 0.29) is 36.8 Å². The number of imidazole rings is 1. The third kappa shape index (κ3) is 11.5. The monoisotopic (exact) mass is 821 g/mol. The summed E-state index contributed by atoms with van der Waals surface area (Å²) in [5, 5.41) is 29.8. The van der Waals surface area contributed by atoms with Crippen LogP contribution in [0, 0.1) is 5.82 Å². The number of carbonyl (C=O) groups excluding carboxylic acids is 2. The van der Waals surface area contributed by atoms with Gasteiger partial charge in [-0.3, -0.25) is 14.4 Å². The molecule has 3 aromatic carbocycles. The largest absolute Gasteiger partial charge is 0.508 e. The number of aliphatic hydroxyl groups excluding tert-OH is 1. The average Bonchev–Trinajstić information content (AvgIpc) is 3.81. The van der Waals surface area contributed by atoms with Crippen molar-refractivity contribution in [3.63, 3.8) is 0 Å². The molecule has 2 amide bonds. The number of hydrogen-bond acceptors (Lipinski definition) is 7. The molecule has 318 valence electrons. The Morgan fingerprint density at radius 3 is 2.43 bits per heavy atom. The number of carboxylic acid groups (broad SMARTS) is 1. The van der Waals surface area contributed by atoms with Crippen molar-refractivity contribution in [3.8, 4) is 22.9 Å². The number of aliphatic carboxylic acids is 1. The predicted octanol–water partition coefficient (Wildman–Crippen LogP) is 6.91. The molecule has 6 N–H and O–H groups in total. The van der Waals surface area contributed by atoms with E-state index in [1.807, 2.05) is 26.0 Å². The molecule has 1 aliphatic heterocycles. The van der Waals surface area contributed by atoms with E-state index in [4.69, 9.17) is 15.6 Å². The van der Waals surface area contributed by atoms with Gasteiger partial charge in [-0.15, -0.1) is 0 Å². The molecule has 1 saturated carbocycles. The molecule has 1 saturated heterocycles. The summed E-state index contributed by atoms with van der Waals surface area (Å²) in [5.41, 5.74) is 9.35. The Labute approximate surface area is 349 Å². The Hall–Kier alpha value is -6.21. The van der Waals surface area contributed by atoms with E-state index < -0.39 is 17.7 Å². The number of likely N-dealkylation sites (tertiary alicyclic amines) is 1. The van der Waals surface area contributed by atoms with Gasteiger partial charge in [0.2, 0.25) is 5.91 Å². The number of nitrogens with zero attached hydrogens (tertiary/aromatic N) is 3. The number of aromatic hydroxyl groups is 1. The number of carboxylic acids is 1. The summed E-state index contributed by atoms with van der Waals surface area (Å²) in [6, 6.07) is 17.1. The van der Waals surface area contributed by atoms with Crippen LogP contribution < -0.4 is 21.2 Å². The number of hydrogen-bond donors (Lipinski definition) is 5. The van der Waals surface area contributed by atoms with Gasteiger partial charge < -0.3 is 40.2 Å². The highest BCUT2D eigenvalue weighted by Crippen LogP contribution is 2.32. The number of nitrogens with two attached hydrogens (primary N) is 1. The number of ether oxygens (including phenoxy) is 1. The van der Waals surface area contributed by atoms with E-state index in [9.17, 15) is 24.6 Å². The second-order valence-electron chi connectivity index (χ2n) is 14.9. The molecular weight excluding hydrogens is 766 g/mol. The minimum Gasteiger partial charge on any atom is -0.508 e. The first-order valence-electron chi connectivity index (χ1n) is 20.6. The first-order valence-corrected chi connectivity index (χ1v) is 20.6. The van der Waals surface area contributed by atoms with Crippen molar-refractivity contribution >= 4 is 41.3 Å². The van der Waals surface area contributed by atoms with Gasteiger partial charge in [-0.05, 0) is 98.7 Å². The number of aliphatic hydroxyl groups is 1. The van der Waals surface area contributed by atoms with Gasteiger partial charge in [-0.1, -0.05) is 57.9 Å². The van der Waals surface area contributed by atoms with Crippen molar-refractivity contribution in [3.05, 3.63) is 112 Å². The van der Waals surface area contributed by atoms with Gasteiger partial charge in [0.15, 0.2) is 0 Å². The van der Waals surface area contributed by atoms with Crippen molar-refractivity contribution in [1.29, 1.82) is 0 Å². The number of benzene rings is 3. The van der Waals surface area contributed by atoms with E-state index in [1.54, 1.807) is 72.6 Å². The maximum Gasteiger partial charge on any atom is 0.303 e. The maximum absolute atomic E-state index is 15.7. The number of phenols is 1. The molecule has 3 heterocycles. The molecule has 60 heavy (non-hydrogen) atoms. The summed E-state index contributed by atoms with van der Waals surface area (Å²) < 4.78 is 23.6. The normalized spacial score (nSPS) is 15.2. The number of nitrogens with one attached hydrogen (secondary N) is 1. The highest BCUT2D eigenvalue weighted by molar-refractivity contribution is 5.94. The van der Waals surface area contributed by atoms with Crippen LogP contribution in [0.2, 0.25) is 0 Å². The summed E-state index contributed by atoms with van der Waals surface area (Å²) in [7, 11) is 0. The molecule has 12 nitrogen and oxygen atoms in total. The van der Waals surface area contributed by atoms with Gasteiger partial charge in [0.25, 0.3) is 5.91 Å². The third-order valence-corrected chi connectivity index (χ3v) is 10.7. The fourth-order valence-electron chi connectivity index (χ4n) is 7.45. The maximum atomic E-state index is 15.7. The summed E-state index contributed by atoms with van der Waals surface area (Å²) in [6.45, 7) is 11.0. The zero-order chi connectivity index (χ0) is 43.3. The summed E-state index contributed by atoms with van der Waals surface area (Å²) in [5.74, 6) is -0.809. The zero-order valence-corrected chi connectivity index (χ0v) is 34.6. The lowest BCUT2D eigenvalue weighted by molar-refractivity contribution is -0.137. The topological polar surface area (TPSA) is 184 Å². The lowest BCUT2D eigenvalue weighted by atomic mass is 9.95. The van der Waals surface area contributed by atoms with Crippen LogP contribution in [0.5, 0.6) is 11.5 Å². The first kappa shape index (κ1) is 44.9. The van der Waals surface area contributed by atoms with E-state index in [2.05, 4.69) is 21.1 Å². The van der Waals surface area contributed by atoms with Crippen LogP contribution in [-0.4, -0.2) is 71.7 Å². The van der Waals surface area contributed by atoms with Crippen LogP contribution in [0.25, 0.3) is 34.9 Å². The van der Waals surface area contributed by atoms with E-state index in [0.29, 0.717) is 66.0 Å². The Morgan fingerprint density at radius 2 is 1.75 bits per heavy atom.